The third-order valence-corrected chi connectivity index (χ3v) is 6.98. The van der Waals surface area contributed by atoms with E-state index in [0.717, 1.165) is 55.7 Å². The van der Waals surface area contributed by atoms with Crippen LogP contribution in [0.1, 0.15) is 69.6 Å². The zero-order valence-electron chi connectivity index (χ0n) is 27.8. The number of nitrogens with zero attached hydrogens (tertiary/aromatic N) is 3. The van der Waals surface area contributed by atoms with Gasteiger partial charge in [0, 0.05) is 54.2 Å². The summed E-state index contributed by atoms with van der Waals surface area (Å²) in [5.74, 6) is -0.599. The van der Waals surface area contributed by atoms with Gasteiger partial charge in [-0.3, -0.25) is 24.5 Å². The molecule has 48 heavy (non-hydrogen) atoms. The zero-order chi connectivity index (χ0) is 35.1. The number of esters is 2. The number of ether oxygens (including phenoxy) is 2. The van der Waals surface area contributed by atoms with E-state index in [2.05, 4.69) is 26.3 Å². The number of aromatic nitrogens is 3. The summed E-state index contributed by atoms with van der Waals surface area (Å²) in [7, 11) is 0. The molecule has 0 spiro atoms. The van der Waals surface area contributed by atoms with E-state index in [0.29, 0.717) is 0 Å². The van der Waals surface area contributed by atoms with Crippen LogP contribution in [-0.2, 0) is 19.1 Å². The molecule has 1 unspecified atom stereocenters. The zero-order valence-corrected chi connectivity index (χ0v) is 27.8. The van der Waals surface area contributed by atoms with Crippen LogP contribution in [0, 0.1) is 0 Å². The third kappa shape index (κ3) is 10.8. The minimum Gasteiger partial charge on any atom is -0.458 e. The van der Waals surface area contributed by atoms with E-state index in [4.69, 9.17) is 4.74 Å². The quantitative estimate of drug-likeness (QED) is 0.141. The van der Waals surface area contributed by atoms with Crippen LogP contribution in [0.15, 0.2) is 122 Å². The van der Waals surface area contributed by atoms with Gasteiger partial charge in [0.15, 0.2) is 0 Å². The predicted molar refractivity (Wildman–Crippen MR) is 189 cm³/mol. The summed E-state index contributed by atoms with van der Waals surface area (Å²) in [6, 6.07) is 29.1. The maximum atomic E-state index is 10.9. The van der Waals surface area contributed by atoms with E-state index in [-0.39, 0.29) is 18.0 Å². The van der Waals surface area contributed by atoms with Crippen molar-refractivity contribution in [2.75, 3.05) is 0 Å². The highest BCUT2D eigenvalue weighted by atomic mass is 16.5. The van der Waals surface area contributed by atoms with Crippen molar-refractivity contribution < 1.29 is 29.3 Å². The van der Waals surface area contributed by atoms with Crippen LogP contribution in [0.2, 0.25) is 0 Å². The Bertz CT molecular complexity index is 1860. The van der Waals surface area contributed by atoms with Gasteiger partial charge < -0.3 is 19.7 Å². The molecular weight excluding hydrogens is 606 g/mol. The molecule has 6 rings (SSSR count). The second kappa shape index (κ2) is 18.6. The molecule has 3 atom stereocenters. The first kappa shape index (κ1) is 37.0. The number of aliphatic hydroxyl groups is 2. The minimum absolute atomic E-state index is 0.245. The number of para-hydroxylation sites is 3. The van der Waals surface area contributed by atoms with Crippen molar-refractivity contribution in [3.8, 4) is 0 Å². The first-order chi connectivity index (χ1) is 23.0. The molecule has 3 heterocycles. The lowest BCUT2D eigenvalue weighted by Gasteiger charge is -2.14. The summed E-state index contributed by atoms with van der Waals surface area (Å²) in [5, 5.41) is 22.1. The van der Waals surface area contributed by atoms with Gasteiger partial charge in [-0.1, -0.05) is 61.2 Å². The van der Waals surface area contributed by atoms with Crippen molar-refractivity contribution in [3.63, 3.8) is 0 Å². The molecule has 0 amide bonds. The average Bonchev–Trinajstić information content (AvgIpc) is 3.08. The topological polar surface area (TPSA) is 132 Å². The second-order valence-corrected chi connectivity index (χ2v) is 10.6. The van der Waals surface area contributed by atoms with Crippen molar-refractivity contribution in [2.24, 2.45) is 0 Å². The Kier molecular flexibility index (Phi) is 14.3. The molecule has 9 nitrogen and oxygen atoms in total. The van der Waals surface area contributed by atoms with Crippen LogP contribution in [-0.4, -0.2) is 37.1 Å². The van der Waals surface area contributed by atoms with Gasteiger partial charge in [-0.15, -0.1) is 0 Å². The van der Waals surface area contributed by atoms with Crippen molar-refractivity contribution >= 4 is 44.6 Å². The van der Waals surface area contributed by atoms with E-state index >= 15 is 0 Å². The minimum atomic E-state index is -0.437. The van der Waals surface area contributed by atoms with E-state index in [1.165, 1.54) is 13.8 Å². The Morgan fingerprint density at radius 2 is 0.958 bits per heavy atom. The van der Waals surface area contributed by atoms with Gasteiger partial charge in [-0.25, -0.2) is 0 Å². The molecule has 3 aromatic carbocycles. The molecule has 248 valence electrons. The molecule has 0 saturated heterocycles. The third-order valence-electron chi connectivity index (χ3n) is 6.98. The highest BCUT2D eigenvalue weighted by Crippen LogP contribution is 2.25. The van der Waals surface area contributed by atoms with E-state index in [1.54, 1.807) is 32.4 Å². The van der Waals surface area contributed by atoms with Gasteiger partial charge in [-0.2, -0.15) is 0 Å². The van der Waals surface area contributed by atoms with Gasteiger partial charge >= 0.3 is 11.9 Å². The largest absolute Gasteiger partial charge is 0.458 e. The maximum absolute atomic E-state index is 10.9. The molecule has 3 aromatic heterocycles. The number of hydrogen-bond acceptors (Lipinski definition) is 9. The second-order valence-electron chi connectivity index (χ2n) is 10.6. The highest BCUT2D eigenvalue weighted by Gasteiger charge is 2.12. The van der Waals surface area contributed by atoms with Crippen LogP contribution in [0.3, 0.4) is 0 Å². The van der Waals surface area contributed by atoms with Crippen molar-refractivity contribution in [3.05, 3.63) is 139 Å². The van der Waals surface area contributed by atoms with Gasteiger partial charge in [0.1, 0.15) is 6.10 Å². The number of fused-ring (bicyclic) bond motifs is 3. The Morgan fingerprint density at radius 1 is 0.604 bits per heavy atom. The molecule has 0 bridgehead atoms. The number of pyridine rings is 3. The fourth-order valence-electron chi connectivity index (χ4n) is 4.87. The van der Waals surface area contributed by atoms with Crippen molar-refractivity contribution in [2.45, 2.75) is 52.9 Å². The first-order valence-electron chi connectivity index (χ1n) is 15.4. The van der Waals surface area contributed by atoms with Crippen molar-refractivity contribution in [1.82, 2.24) is 15.0 Å². The standard InChI is InChI=1S/C13H13NO2.2C11H11NO.C4H6O2/c1-9(16-10(2)15)11-7-8-14-13-6-4-3-5-12(11)13;2*1-8(13)9-6-7-12-11-5-3-2-4-10(9)11;1-3-6-4(2)5/h3-9H,1-2H3;2*2-8,13H,1H3;3H,1H2,2H3/t9-;8-;;/m10../s1. The van der Waals surface area contributed by atoms with Gasteiger partial charge in [0.2, 0.25) is 0 Å². The summed E-state index contributed by atoms with van der Waals surface area (Å²) >= 11 is 0. The lowest BCUT2D eigenvalue weighted by Crippen LogP contribution is -2.05. The maximum Gasteiger partial charge on any atom is 0.307 e. The monoisotopic (exact) mass is 647 g/mol. The molecule has 0 aliphatic rings. The summed E-state index contributed by atoms with van der Waals surface area (Å²) < 4.78 is 9.34. The highest BCUT2D eigenvalue weighted by molar-refractivity contribution is 5.83. The summed E-state index contributed by atoms with van der Waals surface area (Å²) in [4.78, 5) is 33.4. The molecule has 9 heteroatoms. The molecule has 0 radical (unpaired) electrons. The summed E-state index contributed by atoms with van der Waals surface area (Å²) in [5.41, 5.74) is 5.64. The summed E-state index contributed by atoms with van der Waals surface area (Å²) in [6.45, 7) is 11.3. The lowest BCUT2D eigenvalue weighted by atomic mass is 10.1. The Labute approximate surface area is 280 Å². The summed E-state index contributed by atoms with van der Waals surface area (Å²) in [6.07, 6.45) is 5.17. The Morgan fingerprint density at radius 3 is 1.27 bits per heavy atom. The number of benzene rings is 3. The molecule has 0 fully saturated rings. The van der Waals surface area contributed by atoms with Crippen LogP contribution in [0.5, 0.6) is 0 Å². The van der Waals surface area contributed by atoms with E-state index in [9.17, 15) is 19.8 Å². The molecule has 2 N–H and O–H groups in total. The molecule has 0 saturated carbocycles. The van der Waals surface area contributed by atoms with Gasteiger partial charge in [-0.05, 0) is 68.3 Å². The number of aliphatic hydroxyl groups excluding tert-OH is 2. The van der Waals surface area contributed by atoms with E-state index < -0.39 is 12.2 Å². The van der Waals surface area contributed by atoms with Crippen molar-refractivity contribution in [1.29, 1.82) is 0 Å². The first-order valence-corrected chi connectivity index (χ1v) is 15.4. The van der Waals surface area contributed by atoms with Gasteiger partial charge in [0.05, 0.1) is 35.0 Å². The fraction of sp³-hybridized carbons (Fsp3) is 0.205. The fourth-order valence-corrected chi connectivity index (χ4v) is 4.87. The molecular formula is C39H41N3O6. The predicted octanol–water partition coefficient (Wildman–Crippen LogP) is 8.13. The average molecular weight is 648 g/mol. The molecule has 0 aliphatic carbocycles. The number of carbonyl (C=O) groups excluding carboxylic acids is 2. The van der Waals surface area contributed by atoms with Crippen LogP contribution in [0.4, 0.5) is 0 Å². The molecule has 6 aromatic rings. The smallest absolute Gasteiger partial charge is 0.307 e. The van der Waals surface area contributed by atoms with E-state index in [1.807, 2.05) is 97.9 Å². The normalized spacial score (nSPS) is 12.1. The Hall–Kier alpha value is -5.51. The van der Waals surface area contributed by atoms with Crippen LogP contribution < -0.4 is 0 Å². The Balaban J connectivity index is 0.000000181. The van der Waals surface area contributed by atoms with Crippen LogP contribution in [0.25, 0.3) is 32.7 Å². The molecule has 0 aliphatic heterocycles. The number of rotatable bonds is 5. The van der Waals surface area contributed by atoms with Crippen LogP contribution >= 0.6 is 0 Å². The van der Waals surface area contributed by atoms with Gasteiger partial charge in [0.25, 0.3) is 0 Å². The number of carbonyl (C=O) groups is 2. The SMILES string of the molecule is C=COC(C)=O.CC(=O)O[C@H](C)c1ccnc2ccccc12.CC(O)c1ccnc2ccccc12.C[C@H](O)c1ccnc2ccccc12. The lowest BCUT2D eigenvalue weighted by molar-refractivity contribution is -0.145. The number of hydrogen-bond donors (Lipinski definition) is 2.